The van der Waals surface area contributed by atoms with Crippen molar-refractivity contribution in [2.24, 2.45) is 0 Å². The number of amides is 2. The summed E-state index contributed by atoms with van der Waals surface area (Å²) in [6.07, 6.45) is 1.79. The van der Waals surface area contributed by atoms with E-state index in [2.05, 4.69) is 22.8 Å². The van der Waals surface area contributed by atoms with Gasteiger partial charge in [0, 0.05) is 25.2 Å². The van der Waals surface area contributed by atoms with Crippen molar-refractivity contribution >= 4 is 17.7 Å². The highest BCUT2D eigenvalue weighted by atomic mass is 16.5. The number of hydrogen-bond donors (Lipinski definition) is 2. The maximum Gasteiger partial charge on any atom is 0.319 e. The molecule has 0 aliphatic heterocycles. The van der Waals surface area contributed by atoms with Crippen LogP contribution in [0, 0.1) is 0 Å². The Kier molecular flexibility index (Phi) is 6.17. The normalized spacial score (nSPS) is 9.96. The van der Waals surface area contributed by atoms with Gasteiger partial charge in [0.1, 0.15) is 5.75 Å². The SMILES string of the molecule is CC(=O)Oc1cccc(NC(=O)NCCCc2ccccc2)c1. The fourth-order valence-corrected chi connectivity index (χ4v) is 2.12. The quantitative estimate of drug-likeness (QED) is 0.488. The number of urea groups is 1. The molecule has 120 valence electrons. The zero-order valence-electron chi connectivity index (χ0n) is 13.0. The van der Waals surface area contributed by atoms with E-state index in [4.69, 9.17) is 4.74 Å². The topological polar surface area (TPSA) is 67.4 Å². The van der Waals surface area contributed by atoms with Crippen molar-refractivity contribution in [2.75, 3.05) is 11.9 Å². The predicted molar refractivity (Wildman–Crippen MR) is 89.5 cm³/mol. The molecule has 2 N–H and O–H groups in total. The monoisotopic (exact) mass is 312 g/mol. The molecule has 2 aromatic rings. The first-order chi connectivity index (χ1) is 11.1. The Labute approximate surface area is 135 Å². The molecule has 0 bridgehead atoms. The fraction of sp³-hybridized carbons (Fsp3) is 0.222. The summed E-state index contributed by atoms with van der Waals surface area (Å²) in [4.78, 5) is 22.7. The van der Waals surface area contributed by atoms with Gasteiger partial charge in [-0.25, -0.2) is 4.79 Å². The zero-order valence-corrected chi connectivity index (χ0v) is 13.0. The third-order valence-corrected chi connectivity index (χ3v) is 3.12. The number of benzene rings is 2. The van der Waals surface area contributed by atoms with Crippen LogP contribution in [0.15, 0.2) is 54.6 Å². The summed E-state index contributed by atoms with van der Waals surface area (Å²) in [6.45, 7) is 1.92. The Balaban J connectivity index is 1.73. The molecule has 0 saturated carbocycles. The van der Waals surface area contributed by atoms with Crippen molar-refractivity contribution in [3.8, 4) is 5.75 Å². The minimum atomic E-state index is -0.396. The highest BCUT2D eigenvalue weighted by Gasteiger charge is 2.04. The largest absolute Gasteiger partial charge is 0.427 e. The lowest BCUT2D eigenvalue weighted by Gasteiger charge is -2.09. The second kappa shape index (κ2) is 8.58. The predicted octanol–water partition coefficient (Wildman–Crippen LogP) is 3.37. The lowest BCUT2D eigenvalue weighted by Crippen LogP contribution is -2.29. The van der Waals surface area contributed by atoms with Crippen LogP contribution < -0.4 is 15.4 Å². The Hall–Kier alpha value is -2.82. The average molecular weight is 312 g/mol. The molecule has 0 aromatic heterocycles. The smallest absolute Gasteiger partial charge is 0.319 e. The van der Waals surface area contributed by atoms with Gasteiger partial charge in [-0.1, -0.05) is 36.4 Å². The van der Waals surface area contributed by atoms with Crippen LogP contribution in [0.5, 0.6) is 5.75 Å². The second-order valence-electron chi connectivity index (χ2n) is 5.09. The van der Waals surface area contributed by atoms with Gasteiger partial charge < -0.3 is 15.4 Å². The van der Waals surface area contributed by atoms with E-state index < -0.39 is 5.97 Å². The van der Waals surface area contributed by atoms with Crippen LogP contribution in [0.3, 0.4) is 0 Å². The van der Waals surface area contributed by atoms with Crippen LogP contribution in [0.4, 0.5) is 10.5 Å². The molecule has 5 heteroatoms. The Bertz CT molecular complexity index is 656. The first kappa shape index (κ1) is 16.5. The third kappa shape index (κ3) is 6.22. The molecule has 0 spiro atoms. The van der Waals surface area contributed by atoms with Crippen molar-refractivity contribution in [2.45, 2.75) is 19.8 Å². The summed E-state index contributed by atoms with van der Waals surface area (Å²) in [5.41, 5.74) is 1.83. The van der Waals surface area contributed by atoms with Crippen molar-refractivity contribution in [3.63, 3.8) is 0 Å². The minimum Gasteiger partial charge on any atom is -0.427 e. The van der Waals surface area contributed by atoms with Gasteiger partial charge in [0.05, 0.1) is 0 Å². The number of aryl methyl sites for hydroxylation is 1. The molecule has 0 aliphatic rings. The lowest BCUT2D eigenvalue weighted by atomic mass is 10.1. The van der Waals surface area contributed by atoms with Gasteiger partial charge >= 0.3 is 12.0 Å². The summed E-state index contributed by atoms with van der Waals surface area (Å²) in [5.74, 6) is 0.00638. The standard InChI is InChI=1S/C18H20N2O3/c1-14(21)23-17-11-5-10-16(13-17)20-18(22)19-12-6-9-15-7-3-2-4-8-15/h2-5,7-8,10-11,13H,6,9,12H2,1H3,(H2,19,20,22). The molecule has 0 radical (unpaired) electrons. The van der Waals surface area contributed by atoms with E-state index in [-0.39, 0.29) is 6.03 Å². The van der Waals surface area contributed by atoms with E-state index in [0.29, 0.717) is 18.0 Å². The molecule has 0 aliphatic carbocycles. The van der Waals surface area contributed by atoms with Crippen LogP contribution in [0.1, 0.15) is 18.9 Å². The van der Waals surface area contributed by atoms with E-state index in [1.54, 1.807) is 24.3 Å². The van der Waals surface area contributed by atoms with Crippen LogP contribution >= 0.6 is 0 Å². The maximum atomic E-state index is 11.8. The Morgan fingerprint density at radius 2 is 1.83 bits per heavy atom. The van der Waals surface area contributed by atoms with Crippen molar-refractivity contribution < 1.29 is 14.3 Å². The number of anilines is 1. The van der Waals surface area contributed by atoms with E-state index in [1.165, 1.54) is 12.5 Å². The van der Waals surface area contributed by atoms with Gasteiger partial charge in [0.2, 0.25) is 0 Å². The van der Waals surface area contributed by atoms with Crippen molar-refractivity contribution in [3.05, 3.63) is 60.2 Å². The molecule has 2 rings (SSSR count). The molecule has 2 aromatic carbocycles. The number of carbonyl (C=O) groups excluding carboxylic acids is 2. The highest BCUT2D eigenvalue weighted by molar-refractivity contribution is 5.89. The first-order valence-electron chi connectivity index (χ1n) is 7.51. The molecular formula is C18H20N2O3. The number of nitrogens with one attached hydrogen (secondary N) is 2. The van der Waals surface area contributed by atoms with Gasteiger partial charge in [-0.3, -0.25) is 4.79 Å². The van der Waals surface area contributed by atoms with Crippen LogP contribution in [-0.4, -0.2) is 18.5 Å². The summed E-state index contributed by atoms with van der Waals surface area (Å²) >= 11 is 0. The molecule has 0 unspecified atom stereocenters. The summed E-state index contributed by atoms with van der Waals surface area (Å²) in [5, 5.41) is 5.52. The second-order valence-corrected chi connectivity index (χ2v) is 5.09. The summed E-state index contributed by atoms with van der Waals surface area (Å²) < 4.78 is 4.97. The summed E-state index contributed by atoms with van der Waals surface area (Å²) in [6, 6.07) is 16.6. The minimum absolute atomic E-state index is 0.280. The number of rotatable bonds is 6. The number of ether oxygens (including phenoxy) is 1. The Morgan fingerprint density at radius 1 is 1.04 bits per heavy atom. The molecule has 0 atom stereocenters. The maximum absolute atomic E-state index is 11.8. The Morgan fingerprint density at radius 3 is 2.57 bits per heavy atom. The average Bonchev–Trinajstić information content (AvgIpc) is 2.52. The van der Waals surface area contributed by atoms with Crippen LogP contribution in [0.25, 0.3) is 0 Å². The lowest BCUT2D eigenvalue weighted by molar-refractivity contribution is -0.131. The van der Waals surface area contributed by atoms with E-state index in [0.717, 1.165) is 12.8 Å². The molecule has 2 amide bonds. The van der Waals surface area contributed by atoms with Gasteiger partial charge in [0.15, 0.2) is 0 Å². The van der Waals surface area contributed by atoms with Crippen LogP contribution in [-0.2, 0) is 11.2 Å². The van der Waals surface area contributed by atoms with Gasteiger partial charge in [0.25, 0.3) is 0 Å². The molecule has 0 heterocycles. The summed E-state index contributed by atoms with van der Waals surface area (Å²) in [7, 11) is 0. The molecule has 0 saturated heterocycles. The number of esters is 1. The van der Waals surface area contributed by atoms with Gasteiger partial charge in [-0.15, -0.1) is 0 Å². The molecular weight excluding hydrogens is 292 g/mol. The fourth-order valence-electron chi connectivity index (χ4n) is 2.12. The number of carbonyl (C=O) groups is 2. The van der Waals surface area contributed by atoms with Crippen molar-refractivity contribution in [1.82, 2.24) is 5.32 Å². The zero-order chi connectivity index (χ0) is 16.5. The molecule has 5 nitrogen and oxygen atoms in total. The molecule has 23 heavy (non-hydrogen) atoms. The van der Waals surface area contributed by atoms with Gasteiger partial charge in [-0.2, -0.15) is 0 Å². The van der Waals surface area contributed by atoms with Crippen molar-refractivity contribution in [1.29, 1.82) is 0 Å². The first-order valence-corrected chi connectivity index (χ1v) is 7.51. The van der Waals surface area contributed by atoms with Crippen LogP contribution in [0.2, 0.25) is 0 Å². The van der Waals surface area contributed by atoms with Gasteiger partial charge in [-0.05, 0) is 30.5 Å². The van der Waals surface area contributed by atoms with E-state index >= 15 is 0 Å². The highest BCUT2D eigenvalue weighted by Crippen LogP contribution is 2.17. The number of hydrogen-bond acceptors (Lipinski definition) is 3. The van der Waals surface area contributed by atoms with E-state index in [1.807, 2.05) is 18.2 Å². The molecule has 0 fully saturated rings. The van der Waals surface area contributed by atoms with E-state index in [9.17, 15) is 9.59 Å². The third-order valence-electron chi connectivity index (χ3n) is 3.12.